The lowest BCUT2D eigenvalue weighted by molar-refractivity contribution is 0.104. The van der Waals surface area contributed by atoms with Crippen molar-refractivity contribution in [2.75, 3.05) is 0 Å². The molecule has 7 nitrogen and oxygen atoms in total. The molecule has 0 aliphatic rings. The van der Waals surface area contributed by atoms with Crippen LogP contribution < -0.4 is 0 Å². The largest absolute Gasteiger partial charge is 0.298 e. The molecule has 0 saturated carbocycles. The molecule has 0 amide bonds. The Morgan fingerprint density at radius 1 is 1.15 bits per heavy atom. The Bertz CT molecular complexity index is 1080. The van der Waals surface area contributed by atoms with Gasteiger partial charge in [0, 0.05) is 10.5 Å². The van der Waals surface area contributed by atoms with Gasteiger partial charge in [-0.1, -0.05) is 78.5 Å². The van der Waals surface area contributed by atoms with Gasteiger partial charge in [0.05, 0.1) is 5.69 Å². The van der Waals surface area contributed by atoms with Crippen molar-refractivity contribution in [3.05, 3.63) is 99.3 Å². The molecule has 0 aliphatic carbocycles. The summed E-state index contributed by atoms with van der Waals surface area (Å²) in [5, 5.41) is 3.46. The van der Waals surface area contributed by atoms with E-state index in [4.69, 9.17) is 5.53 Å². The monoisotopic (exact) mass is 381 g/mol. The summed E-state index contributed by atoms with van der Waals surface area (Å²) in [6.45, 7) is 3.56. The summed E-state index contributed by atoms with van der Waals surface area (Å²) in [6.07, 6.45) is 5.27. The van der Waals surface area contributed by atoms with Crippen LogP contribution in [0, 0.1) is 0 Å². The molecular formula is C19H15N3O4S. The summed E-state index contributed by atoms with van der Waals surface area (Å²) in [5.41, 5.74) is 9.63. The molecular weight excluding hydrogens is 366 g/mol. The van der Waals surface area contributed by atoms with Gasteiger partial charge >= 0.3 is 0 Å². The van der Waals surface area contributed by atoms with E-state index in [1.807, 2.05) is 6.07 Å². The maximum atomic E-state index is 12.7. The highest BCUT2D eigenvalue weighted by Crippen LogP contribution is 2.29. The molecule has 1 N–H and O–H groups in total. The van der Waals surface area contributed by atoms with Crippen molar-refractivity contribution in [3.63, 3.8) is 0 Å². The lowest BCUT2D eigenvalue weighted by atomic mass is 10.0. The Kier molecular flexibility index (Phi) is 6.46. The molecule has 0 radical (unpaired) electrons. The van der Waals surface area contributed by atoms with E-state index in [1.54, 1.807) is 36.4 Å². The van der Waals surface area contributed by atoms with Crippen molar-refractivity contribution in [2.24, 2.45) is 5.11 Å². The minimum atomic E-state index is -4.82. The summed E-state index contributed by atoms with van der Waals surface area (Å²) in [6, 6.07) is 13.3. The van der Waals surface area contributed by atoms with E-state index in [9.17, 15) is 17.8 Å². The average Bonchev–Trinajstić information content (AvgIpc) is 2.65. The number of allylic oxidation sites excluding steroid dienone is 3. The lowest BCUT2D eigenvalue weighted by Gasteiger charge is -2.08. The van der Waals surface area contributed by atoms with Crippen molar-refractivity contribution < 1.29 is 17.8 Å². The highest BCUT2D eigenvalue weighted by atomic mass is 32.2. The van der Waals surface area contributed by atoms with Crippen LogP contribution in [-0.2, 0) is 10.1 Å². The number of hydrogen-bond donors (Lipinski definition) is 1. The Hall–Kier alpha value is -3.45. The summed E-state index contributed by atoms with van der Waals surface area (Å²) in [4.78, 5) is 14.6. The zero-order chi connectivity index (χ0) is 19.9. The van der Waals surface area contributed by atoms with Crippen molar-refractivity contribution in [3.8, 4) is 0 Å². The van der Waals surface area contributed by atoms with E-state index >= 15 is 0 Å². The zero-order valence-corrected chi connectivity index (χ0v) is 14.9. The molecule has 0 saturated heterocycles. The minimum absolute atomic E-state index is 0.0680. The first-order valence-corrected chi connectivity index (χ1v) is 9.08. The van der Waals surface area contributed by atoms with Gasteiger partial charge in [0.25, 0.3) is 10.1 Å². The van der Waals surface area contributed by atoms with Crippen LogP contribution >= 0.6 is 0 Å². The standard InChI is InChI=1S/C19H15N3O4S/c1-2-15-11-7-12-16(18(15)21-22-20)19(23)17(27(24,25)26)13-6-10-14-8-4-3-5-9-14/h2-13H,1H2,(H,24,25,26). The molecule has 0 unspecified atom stereocenters. The topological polar surface area (TPSA) is 120 Å². The number of nitrogens with zero attached hydrogens (tertiary/aromatic N) is 3. The number of azide groups is 1. The molecule has 27 heavy (non-hydrogen) atoms. The molecule has 0 fully saturated rings. The van der Waals surface area contributed by atoms with Crippen LogP contribution in [-0.4, -0.2) is 18.8 Å². The first kappa shape index (κ1) is 19.9. The maximum absolute atomic E-state index is 12.7. The molecule has 8 heteroatoms. The first-order valence-electron chi connectivity index (χ1n) is 7.64. The van der Waals surface area contributed by atoms with Gasteiger partial charge in [-0.05, 0) is 22.7 Å². The number of Topliss-reactive ketones (excluding diaryl/α,β-unsaturated/α-hetero) is 1. The van der Waals surface area contributed by atoms with E-state index in [2.05, 4.69) is 16.6 Å². The Labute approximate surface area is 156 Å². The highest BCUT2D eigenvalue weighted by Gasteiger charge is 2.25. The summed E-state index contributed by atoms with van der Waals surface area (Å²) < 4.78 is 32.9. The first-order chi connectivity index (χ1) is 12.9. The number of hydrogen-bond acceptors (Lipinski definition) is 4. The van der Waals surface area contributed by atoms with Crippen molar-refractivity contribution in [1.82, 2.24) is 0 Å². The molecule has 2 aromatic carbocycles. The lowest BCUT2D eigenvalue weighted by Crippen LogP contribution is -2.13. The number of carbonyl (C=O) groups is 1. The van der Waals surface area contributed by atoms with Gasteiger partial charge in [-0.25, -0.2) is 0 Å². The number of ketones is 1. The van der Waals surface area contributed by atoms with Crippen molar-refractivity contribution >= 4 is 33.7 Å². The third kappa shape index (κ3) is 5.02. The third-order valence-corrected chi connectivity index (χ3v) is 4.39. The molecule has 0 bridgehead atoms. The fraction of sp³-hybridized carbons (Fsp3) is 0. The molecule has 136 valence electrons. The quantitative estimate of drug-likeness (QED) is 0.139. The Morgan fingerprint density at radius 3 is 2.44 bits per heavy atom. The van der Waals surface area contributed by atoms with Crippen LogP contribution in [0.3, 0.4) is 0 Å². The second kappa shape index (κ2) is 8.77. The molecule has 0 atom stereocenters. The van der Waals surface area contributed by atoms with Crippen LogP contribution in [0.25, 0.3) is 22.6 Å². The molecule has 0 aliphatic heterocycles. The molecule has 0 aromatic heterocycles. The van der Waals surface area contributed by atoms with Crippen LogP contribution in [0.2, 0.25) is 0 Å². The highest BCUT2D eigenvalue weighted by molar-refractivity contribution is 7.90. The van der Waals surface area contributed by atoms with Gasteiger partial charge in [-0.15, -0.1) is 0 Å². The number of rotatable bonds is 7. The van der Waals surface area contributed by atoms with E-state index < -0.39 is 20.8 Å². The maximum Gasteiger partial charge on any atom is 0.298 e. The molecule has 0 spiro atoms. The smallest absolute Gasteiger partial charge is 0.288 e. The van der Waals surface area contributed by atoms with E-state index in [1.165, 1.54) is 24.3 Å². The van der Waals surface area contributed by atoms with Crippen molar-refractivity contribution in [1.29, 1.82) is 0 Å². The van der Waals surface area contributed by atoms with Gasteiger partial charge in [-0.3, -0.25) is 9.35 Å². The predicted molar refractivity (Wildman–Crippen MR) is 105 cm³/mol. The SMILES string of the molecule is C=Cc1cccc(C(=O)C(=CC=Cc2ccccc2)S(=O)(=O)O)c1N=[N+]=[N-]. The molecule has 2 rings (SSSR count). The summed E-state index contributed by atoms with van der Waals surface area (Å²) in [7, 11) is -4.82. The second-order valence-electron chi connectivity index (χ2n) is 5.24. The fourth-order valence-corrected chi connectivity index (χ4v) is 2.88. The molecule has 2 aromatic rings. The number of benzene rings is 2. The van der Waals surface area contributed by atoms with Crippen molar-refractivity contribution in [2.45, 2.75) is 0 Å². The van der Waals surface area contributed by atoms with Crippen LogP contribution in [0.15, 0.2) is 77.3 Å². The summed E-state index contributed by atoms with van der Waals surface area (Å²) >= 11 is 0. The van der Waals surface area contributed by atoms with Gasteiger partial charge in [0.15, 0.2) is 0 Å². The van der Waals surface area contributed by atoms with E-state index in [-0.39, 0.29) is 11.3 Å². The van der Waals surface area contributed by atoms with Crippen LogP contribution in [0.5, 0.6) is 0 Å². The van der Waals surface area contributed by atoms with Crippen LogP contribution in [0.4, 0.5) is 5.69 Å². The predicted octanol–water partition coefficient (Wildman–Crippen LogP) is 4.94. The zero-order valence-electron chi connectivity index (χ0n) is 14.1. The second-order valence-corrected chi connectivity index (χ2v) is 6.63. The van der Waals surface area contributed by atoms with Gasteiger partial charge in [0.2, 0.25) is 5.78 Å². The molecule has 0 heterocycles. The normalized spacial score (nSPS) is 11.8. The van der Waals surface area contributed by atoms with E-state index in [0.29, 0.717) is 5.56 Å². The van der Waals surface area contributed by atoms with Gasteiger partial charge in [-0.2, -0.15) is 8.42 Å². The fourth-order valence-electron chi connectivity index (χ4n) is 2.29. The van der Waals surface area contributed by atoms with Gasteiger partial charge < -0.3 is 0 Å². The third-order valence-electron chi connectivity index (χ3n) is 3.51. The van der Waals surface area contributed by atoms with Gasteiger partial charge in [0.1, 0.15) is 4.91 Å². The Morgan fingerprint density at radius 2 is 1.85 bits per heavy atom. The number of carbonyl (C=O) groups excluding carboxylic acids is 1. The minimum Gasteiger partial charge on any atom is -0.288 e. The average molecular weight is 381 g/mol. The summed E-state index contributed by atoms with van der Waals surface area (Å²) in [5.74, 6) is -0.999. The van der Waals surface area contributed by atoms with E-state index in [0.717, 1.165) is 11.6 Å². The Balaban J connectivity index is 2.55. The van der Waals surface area contributed by atoms with Crippen LogP contribution in [0.1, 0.15) is 21.5 Å².